The fourth-order valence-electron chi connectivity index (χ4n) is 2.16. The SMILES string of the molecule is CCCCCCCSC(CC)CCCCCC. The molecule has 0 saturated heterocycles. The lowest BCUT2D eigenvalue weighted by molar-refractivity contribution is 0.609. The van der Waals surface area contributed by atoms with Crippen LogP contribution in [0.3, 0.4) is 0 Å². The topological polar surface area (TPSA) is 0 Å². The van der Waals surface area contributed by atoms with Gasteiger partial charge in [0.15, 0.2) is 0 Å². The van der Waals surface area contributed by atoms with Gasteiger partial charge in [0.2, 0.25) is 0 Å². The van der Waals surface area contributed by atoms with Crippen LogP contribution in [0.25, 0.3) is 0 Å². The van der Waals surface area contributed by atoms with E-state index in [9.17, 15) is 0 Å². The third-order valence-electron chi connectivity index (χ3n) is 3.44. The third-order valence-corrected chi connectivity index (χ3v) is 5.00. The molecule has 0 nitrogen and oxygen atoms in total. The maximum Gasteiger partial charge on any atom is 0.00444 e. The minimum Gasteiger partial charge on any atom is -0.159 e. The lowest BCUT2D eigenvalue weighted by atomic mass is 10.1. The summed E-state index contributed by atoms with van der Waals surface area (Å²) in [5, 5.41) is 0.943. The summed E-state index contributed by atoms with van der Waals surface area (Å²) in [4.78, 5) is 0. The summed E-state index contributed by atoms with van der Waals surface area (Å²) in [5.41, 5.74) is 0. The molecule has 1 heteroatoms. The highest BCUT2D eigenvalue weighted by atomic mass is 32.2. The smallest absolute Gasteiger partial charge is 0.00444 e. The number of unbranched alkanes of at least 4 members (excludes halogenated alkanes) is 7. The number of rotatable bonds is 13. The largest absolute Gasteiger partial charge is 0.159 e. The Bertz CT molecular complexity index is 133. The van der Waals surface area contributed by atoms with Gasteiger partial charge in [0.1, 0.15) is 0 Å². The Morgan fingerprint density at radius 1 is 0.706 bits per heavy atom. The van der Waals surface area contributed by atoms with Crippen LogP contribution in [0.2, 0.25) is 0 Å². The van der Waals surface area contributed by atoms with Gasteiger partial charge < -0.3 is 0 Å². The van der Waals surface area contributed by atoms with E-state index in [0.717, 1.165) is 5.25 Å². The van der Waals surface area contributed by atoms with Gasteiger partial charge >= 0.3 is 0 Å². The van der Waals surface area contributed by atoms with Gasteiger partial charge in [-0.05, 0) is 25.0 Å². The first kappa shape index (κ1) is 17.4. The predicted octanol–water partition coefficient (Wildman–Crippen LogP) is 6.44. The molecule has 1 atom stereocenters. The van der Waals surface area contributed by atoms with Crippen molar-refractivity contribution in [2.45, 2.75) is 96.7 Å². The minimum atomic E-state index is 0.943. The molecule has 0 heterocycles. The van der Waals surface area contributed by atoms with E-state index < -0.39 is 0 Å². The second kappa shape index (κ2) is 14.4. The Morgan fingerprint density at radius 2 is 1.29 bits per heavy atom. The van der Waals surface area contributed by atoms with Crippen molar-refractivity contribution < 1.29 is 0 Å². The quantitative estimate of drug-likeness (QED) is 0.343. The Morgan fingerprint density at radius 3 is 1.88 bits per heavy atom. The first-order chi connectivity index (χ1) is 8.35. The van der Waals surface area contributed by atoms with Gasteiger partial charge in [-0.15, -0.1) is 0 Å². The Hall–Kier alpha value is 0.350. The van der Waals surface area contributed by atoms with Gasteiger partial charge in [0, 0.05) is 5.25 Å². The van der Waals surface area contributed by atoms with Crippen LogP contribution in [0.1, 0.15) is 91.4 Å². The highest BCUT2D eigenvalue weighted by Crippen LogP contribution is 2.22. The molecule has 0 aromatic carbocycles. The number of hydrogen-bond acceptors (Lipinski definition) is 1. The fourth-order valence-corrected chi connectivity index (χ4v) is 3.43. The third kappa shape index (κ3) is 12.6. The zero-order chi connectivity index (χ0) is 12.8. The van der Waals surface area contributed by atoms with Gasteiger partial charge in [0.25, 0.3) is 0 Å². The van der Waals surface area contributed by atoms with Gasteiger partial charge in [-0.2, -0.15) is 11.8 Å². The molecule has 104 valence electrons. The van der Waals surface area contributed by atoms with E-state index in [0.29, 0.717) is 0 Å². The minimum absolute atomic E-state index is 0.943. The zero-order valence-corrected chi connectivity index (χ0v) is 13.3. The molecular formula is C16H34S. The molecule has 0 amide bonds. The fraction of sp³-hybridized carbons (Fsp3) is 1.00. The van der Waals surface area contributed by atoms with E-state index in [1.54, 1.807) is 0 Å². The van der Waals surface area contributed by atoms with Gasteiger partial charge in [-0.3, -0.25) is 0 Å². The zero-order valence-electron chi connectivity index (χ0n) is 12.5. The van der Waals surface area contributed by atoms with E-state index in [1.165, 1.54) is 76.4 Å². The van der Waals surface area contributed by atoms with Crippen molar-refractivity contribution in [2.75, 3.05) is 5.75 Å². The maximum absolute atomic E-state index is 2.36. The lowest BCUT2D eigenvalue weighted by Gasteiger charge is -2.14. The molecule has 0 N–H and O–H groups in total. The molecule has 0 fully saturated rings. The summed E-state index contributed by atoms with van der Waals surface area (Å²) in [6, 6.07) is 0. The summed E-state index contributed by atoms with van der Waals surface area (Å²) in [6.07, 6.45) is 15.6. The van der Waals surface area contributed by atoms with Crippen LogP contribution in [0.4, 0.5) is 0 Å². The summed E-state index contributed by atoms with van der Waals surface area (Å²) >= 11 is 2.24. The van der Waals surface area contributed by atoms with E-state index >= 15 is 0 Å². The van der Waals surface area contributed by atoms with Crippen molar-refractivity contribution in [1.29, 1.82) is 0 Å². The summed E-state index contributed by atoms with van der Waals surface area (Å²) in [7, 11) is 0. The van der Waals surface area contributed by atoms with E-state index in [1.807, 2.05) is 0 Å². The lowest BCUT2D eigenvalue weighted by Crippen LogP contribution is -2.02. The van der Waals surface area contributed by atoms with Crippen molar-refractivity contribution in [3.05, 3.63) is 0 Å². The summed E-state index contributed by atoms with van der Waals surface area (Å²) in [5.74, 6) is 1.40. The first-order valence-electron chi connectivity index (χ1n) is 7.96. The molecule has 1 unspecified atom stereocenters. The monoisotopic (exact) mass is 258 g/mol. The van der Waals surface area contributed by atoms with Crippen molar-refractivity contribution in [3.8, 4) is 0 Å². The molecule has 0 spiro atoms. The molecule has 0 aromatic heterocycles. The first-order valence-corrected chi connectivity index (χ1v) is 9.01. The van der Waals surface area contributed by atoms with Gasteiger partial charge in [0.05, 0.1) is 0 Å². The normalized spacial score (nSPS) is 12.9. The molecule has 0 aliphatic rings. The summed E-state index contributed by atoms with van der Waals surface area (Å²) < 4.78 is 0. The molecule has 0 rings (SSSR count). The predicted molar refractivity (Wildman–Crippen MR) is 84.1 cm³/mol. The van der Waals surface area contributed by atoms with Crippen molar-refractivity contribution in [3.63, 3.8) is 0 Å². The van der Waals surface area contributed by atoms with E-state index in [4.69, 9.17) is 0 Å². The second-order valence-corrected chi connectivity index (χ2v) is 6.57. The van der Waals surface area contributed by atoms with Crippen LogP contribution in [0.5, 0.6) is 0 Å². The van der Waals surface area contributed by atoms with Crippen LogP contribution in [0.15, 0.2) is 0 Å². The second-order valence-electron chi connectivity index (χ2n) is 5.16. The molecule has 0 aliphatic carbocycles. The molecule has 0 saturated carbocycles. The Balaban J connectivity index is 3.28. The van der Waals surface area contributed by atoms with Gasteiger partial charge in [-0.1, -0.05) is 72.1 Å². The average Bonchev–Trinajstić information content (AvgIpc) is 2.36. The molecule has 0 bridgehead atoms. The van der Waals surface area contributed by atoms with E-state index in [-0.39, 0.29) is 0 Å². The van der Waals surface area contributed by atoms with Crippen molar-refractivity contribution in [2.24, 2.45) is 0 Å². The van der Waals surface area contributed by atoms with Crippen LogP contribution in [0, 0.1) is 0 Å². The van der Waals surface area contributed by atoms with Crippen molar-refractivity contribution >= 4 is 11.8 Å². The molecule has 17 heavy (non-hydrogen) atoms. The van der Waals surface area contributed by atoms with Gasteiger partial charge in [-0.25, -0.2) is 0 Å². The Kier molecular flexibility index (Phi) is 14.7. The standard InChI is InChI=1S/C16H34S/c1-4-7-9-11-13-15-17-16(6-3)14-12-10-8-5-2/h16H,4-15H2,1-3H3. The Labute approximate surface area is 114 Å². The van der Waals surface area contributed by atoms with Crippen LogP contribution >= 0.6 is 11.8 Å². The maximum atomic E-state index is 2.36. The highest BCUT2D eigenvalue weighted by molar-refractivity contribution is 7.99. The average molecular weight is 259 g/mol. The van der Waals surface area contributed by atoms with Crippen molar-refractivity contribution in [1.82, 2.24) is 0 Å². The van der Waals surface area contributed by atoms with Crippen LogP contribution < -0.4 is 0 Å². The highest BCUT2D eigenvalue weighted by Gasteiger charge is 2.05. The molecule has 0 radical (unpaired) electrons. The van der Waals surface area contributed by atoms with Crippen LogP contribution in [-0.4, -0.2) is 11.0 Å². The van der Waals surface area contributed by atoms with Crippen LogP contribution in [-0.2, 0) is 0 Å². The molecular weight excluding hydrogens is 224 g/mol. The molecule has 0 aromatic rings. The summed E-state index contributed by atoms with van der Waals surface area (Å²) in [6.45, 7) is 6.94. The van der Waals surface area contributed by atoms with E-state index in [2.05, 4.69) is 32.5 Å². The number of thioether (sulfide) groups is 1. The number of hydrogen-bond donors (Lipinski definition) is 0. The molecule has 0 aliphatic heterocycles.